The molecule has 2 aromatic rings. The van der Waals surface area contributed by atoms with Crippen molar-refractivity contribution >= 4 is 5.97 Å². The van der Waals surface area contributed by atoms with Crippen molar-refractivity contribution < 1.29 is 9.53 Å². The number of nitrogens with zero attached hydrogens (tertiary/aromatic N) is 1. The van der Waals surface area contributed by atoms with Gasteiger partial charge in [0.15, 0.2) is 0 Å². The smallest absolute Gasteiger partial charge is 0.343 e. The molecule has 3 heteroatoms. The van der Waals surface area contributed by atoms with Crippen molar-refractivity contribution in [3.05, 3.63) is 65.2 Å². The summed E-state index contributed by atoms with van der Waals surface area (Å²) < 4.78 is 5.39. The van der Waals surface area contributed by atoms with Crippen LogP contribution in [0.5, 0.6) is 5.75 Å². The summed E-state index contributed by atoms with van der Waals surface area (Å²) in [6, 6.07) is 16.4. The van der Waals surface area contributed by atoms with E-state index in [1.54, 1.807) is 30.3 Å². The average Bonchev–Trinajstić information content (AvgIpc) is 2.66. The largest absolute Gasteiger partial charge is 0.422 e. The van der Waals surface area contributed by atoms with Gasteiger partial charge in [0, 0.05) is 0 Å². The van der Waals surface area contributed by atoms with Crippen LogP contribution < -0.4 is 4.74 Å². The van der Waals surface area contributed by atoms with Gasteiger partial charge in [0.05, 0.1) is 11.1 Å². The second kappa shape index (κ2) is 10.3. The van der Waals surface area contributed by atoms with Crippen molar-refractivity contribution in [3.8, 4) is 11.8 Å². The molecule has 0 aliphatic rings. The summed E-state index contributed by atoms with van der Waals surface area (Å²) in [5.41, 5.74) is 2.00. The van der Waals surface area contributed by atoms with E-state index >= 15 is 0 Å². The Morgan fingerprint density at radius 2 is 1.72 bits per heavy atom. The fourth-order valence-electron chi connectivity index (χ4n) is 2.75. The molecule has 0 atom stereocenters. The number of esters is 1. The first-order valence-corrected chi connectivity index (χ1v) is 9.05. The molecule has 130 valence electrons. The first-order valence-electron chi connectivity index (χ1n) is 9.05. The van der Waals surface area contributed by atoms with E-state index < -0.39 is 5.97 Å². The number of nitriles is 1. The lowest BCUT2D eigenvalue weighted by molar-refractivity contribution is 0.0734. The molecular weight excluding hydrogens is 310 g/mol. The standard InChI is InChI=1S/C22H25NO2/c1-2-3-4-5-6-8-11-18-14-15-21(20(16-18)17-23)25-22(24)19-12-9-7-10-13-19/h7,9-10,12-16H,2-6,8,11H2,1H3. The summed E-state index contributed by atoms with van der Waals surface area (Å²) in [6.07, 6.45) is 8.42. The van der Waals surface area contributed by atoms with Crippen molar-refractivity contribution in [2.24, 2.45) is 0 Å². The third-order valence-corrected chi connectivity index (χ3v) is 4.20. The molecule has 0 fully saturated rings. The molecule has 0 aliphatic carbocycles. The van der Waals surface area contributed by atoms with Gasteiger partial charge in [0.1, 0.15) is 11.8 Å². The molecule has 0 bridgehead atoms. The predicted octanol–water partition coefficient (Wildman–Crippen LogP) is 5.68. The third-order valence-electron chi connectivity index (χ3n) is 4.20. The van der Waals surface area contributed by atoms with Crippen LogP contribution >= 0.6 is 0 Å². The van der Waals surface area contributed by atoms with Gasteiger partial charge in [-0.1, -0.05) is 63.3 Å². The SMILES string of the molecule is CCCCCCCCc1ccc(OC(=O)c2ccccc2)c(C#N)c1. The highest BCUT2D eigenvalue weighted by molar-refractivity contribution is 5.91. The van der Waals surface area contributed by atoms with Crippen molar-refractivity contribution in [3.63, 3.8) is 0 Å². The first kappa shape index (κ1) is 18.7. The van der Waals surface area contributed by atoms with E-state index in [2.05, 4.69) is 13.0 Å². The van der Waals surface area contributed by atoms with Crippen LogP contribution in [-0.2, 0) is 6.42 Å². The Morgan fingerprint density at radius 3 is 2.44 bits per heavy atom. The second-order valence-corrected chi connectivity index (χ2v) is 6.22. The van der Waals surface area contributed by atoms with Gasteiger partial charge in [-0.05, 0) is 42.7 Å². The van der Waals surface area contributed by atoms with Gasteiger partial charge < -0.3 is 4.74 Å². The van der Waals surface area contributed by atoms with E-state index in [9.17, 15) is 10.1 Å². The van der Waals surface area contributed by atoms with Crippen molar-refractivity contribution in [1.29, 1.82) is 5.26 Å². The van der Waals surface area contributed by atoms with Crippen LogP contribution in [0.15, 0.2) is 48.5 Å². The van der Waals surface area contributed by atoms with E-state index in [1.807, 2.05) is 18.2 Å². The lowest BCUT2D eigenvalue weighted by Gasteiger charge is -2.08. The molecular formula is C22H25NO2. The minimum absolute atomic E-state index is 0.322. The fourth-order valence-corrected chi connectivity index (χ4v) is 2.75. The Labute approximate surface area is 150 Å². The predicted molar refractivity (Wildman–Crippen MR) is 99.6 cm³/mol. The molecule has 0 radical (unpaired) electrons. The monoisotopic (exact) mass is 335 g/mol. The topological polar surface area (TPSA) is 50.1 Å². The zero-order valence-corrected chi connectivity index (χ0v) is 14.8. The van der Waals surface area contributed by atoms with Crippen LogP contribution in [0.1, 0.15) is 66.9 Å². The van der Waals surface area contributed by atoms with Crippen LogP contribution in [0.25, 0.3) is 0 Å². The summed E-state index contributed by atoms with van der Waals surface area (Å²) in [4.78, 5) is 12.1. The number of ether oxygens (including phenoxy) is 1. The molecule has 2 aromatic carbocycles. The lowest BCUT2D eigenvalue weighted by atomic mass is 10.0. The quantitative estimate of drug-likeness (QED) is 0.336. The van der Waals surface area contributed by atoms with Crippen molar-refractivity contribution in [1.82, 2.24) is 0 Å². The molecule has 0 aliphatic heterocycles. The van der Waals surface area contributed by atoms with Gasteiger partial charge in [0.2, 0.25) is 0 Å². The van der Waals surface area contributed by atoms with E-state index in [0.29, 0.717) is 16.9 Å². The van der Waals surface area contributed by atoms with Crippen LogP contribution in [0.2, 0.25) is 0 Å². The Kier molecular flexibility index (Phi) is 7.72. The van der Waals surface area contributed by atoms with E-state index in [0.717, 1.165) is 18.4 Å². The van der Waals surface area contributed by atoms with Crippen molar-refractivity contribution in [2.45, 2.75) is 51.9 Å². The Balaban J connectivity index is 1.93. The maximum atomic E-state index is 12.1. The average molecular weight is 335 g/mol. The Morgan fingerprint density at radius 1 is 1.00 bits per heavy atom. The van der Waals surface area contributed by atoms with Gasteiger partial charge in [0.25, 0.3) is 0 Å². The molecule has 0 saturated heterocycles. The molecule has 0 N–H and O–H groups in total. The second-order valence-electron chi connectivity index (χ2n) is 6.22. The fraction of sp³-hybridized carbons (Fsp3) is 0.364. The normalized spacial score (nSPS) is 10.2. The zero-order chi connectivity index (χ0) is 17.9. The molecule has 0 unspecified atom stereocenters. The van der Waals surface area contributed by atoms with Crippen LogP contribution in [-0.4, -0.2) is 5.97 Å². The molecule has 0 spiro atoms. The lowest BCUT2D eigenvalue weighted by Crippen LogP contribution is -2.09. The highest BCUT2D eigenvalue weighted by atomic mass is 16.5. The van der Waals surface area contributed by atoms with Crippen LogP contribution in [0.4, 0.5) is 0 Å². The van der Waals surface area contributed by atoms with Crippen LogP contribution in [0, 0.1) is 11.3 Å². The van der Waals surface area contributed by atoms with Crippen LogP contribution in [0.3, 0.4) is 0 Å². The maximum Gasteiger partial charge on any atom is 0.343 e. The number of hydrogen-bond acceptors (Lipinski definition) is 3. The summed E-state index contributed by atoms with van der Waals surface area (Å²) in [5.74, 6) is -0.121. The van der Waals surface area contributed by atoms with Gasteiger partial charge in [-0.15, -0.1) is 0 Å². The first-order chi connectivity index (χ1) is 12.2. The number of hydrogen-bond donors (Lipinski definition) is 0. The Hall–Kier alpha value is -2.60. The molecule has 2 rings (SSSR count). The number of rotatable bonds is 9. The number of carbonyl (C=O) groups excluding carboxylic acids is 1. The molecule has 25 heavy (non-hydrogen) atoms. The maximum absolute atomic E-state index is 12.1. The molecule has 0 saturated carbocycles. The van der Waals surface area contributed by atoms with E-state index in [4.69, 9.17) is 4.74 Å². The summed E-state index contributed by atoms with van der Waals surface area (Å²) in [6.45, 7) is 2.22. The highest BCUT2D eigenvalue weighted by Crippen LogP contribution is 2.22. The Bertz CT molecular complexity index is 717. The van der Waals surface area contributed by atoms with Crippen molar-refractivity contribution in [2.75, 3.05) is 0 Å². The number of benzene rings is 2. The van der Waals surface area contributed by atoms with Gasteiger partial charge in [-0.25, -0.2) is 4.79 Å². The third kappa shape index (κ3) is 6.08. The molecule has 0 heterocycles. The number of aryl methyl sites for hydroxylation is 1. The number of carbonyl (C=O) groups is 1. The minimum Gasteiger partial charge on any atom is -0.422 e. The van der Waals surface area contributed by atoms with Gasteiger partial charge >= 0.3 is 5.97 Å². The van der Waals surface area contributed by atoms with Gasteiger partial charge in [-0.3, -0.25) is 0 Å². The summed E-state index contributed by atoms with van der Waals surface area (Å²) in [7, 11) is 0. The number of unbranched alkanes of at least 4 members (excludes halogenated alkanes) is 5. The van der Waals surface area contributed by atoms with E-state index in [1.165, 1.54) is 32.1 Å². The molecule has 3 nitrogen and oxygen atoms in total. The summed E-state index contributed by atoms with van der Waals surface area (Å²) in [5, 5.41) is 9.35. The highest BCUT2D eigenvalue weighted by Gasteiger charge is 2.12. The molecule has 0 amide bonds. The zero-order valence-electron chi connectivity index (χ0n) is 14.8. The summed E-state index contributed by atoms with van der Waals surface area (Å²) >= 11 is 0. The molecule has 0 aromatic heterocycles. The van der Waals surface area contributed by atoms with Gasteiger partial charge in [-0.2, -0.15) is 5.26 Å². The van der Waals surface area contributed by atoms with E-state index in [-0.39, 0.29) is 0 Å². The minimum atomic E-state index is -0.444.